The van der Waals surface area contributed by atoms with Gasteiger partial charge in [0.15, 0.2) is 35.1 Å². The average molecular weight is 1560 g/mol. The van der Waals surface area contributed by atoms with E-state index in [4.69, 9.17) is 9.47 Å². The third kappa shape index (κ3) is 19.3. The van der Waals surface area contributed by atoms with Crippen LogP contribution in [0.3, 0.4) is 0 Å². The lowest BCUT2D eigenvalue weighted by molar-refractivity contribution is -0.642. The van der Waals surface area contributed by atoms with Gasteiger partial charge >= 0.3 is 0 Å². The number of fused-ring (bicyclic) bond motifs is 2. The number of aliphatic hydroxyl groups is 2. The number of amides is 8. The molecule has 2 aromatic carbocycles. The van der Waals surface area contributed by atoms with Gasteiger partial charge in [-0.15, -0.1) is 0 Å². The van der Waals surface area contributed by atoms with Crippen molar-refractivity contribution in [1.29, 1.82) is 0 Å². The molecule has 10 N–H and O–H groups in total. The van der Waals surface area contributed by atoms with E-state index in [9.17, 15) is 48.6 Å². The SMILES string of the molecule is Cn1cc(NC(=O)c2cc(NC(=O)c3nc(NC(=O)c4nccn4C)cn3C)cn2C)cc1C(=O)NCCCC(O)=Nc1cn(C)c(C(=O)Nc2cn(C)c(C(=O)Nc3cc(C(=O)Nc4cc(C(=O)NCCC(O)=NCCOCCOCCCN5C=CC(=Cc6sc7ccccc7[n+]6C)c6ccccc65)n(C)c4)n(C)c3)n2)n1. The highest BCUT2D eigenvalue weighted by atomic mass is 32.1. The molecule has 9 aromatic heterocycles. The van der Waals surface area contributed by atoms with Crippen molar-refractivity contribution < 1.29 is 62.6 Å². The van der Waals surface area contributed by atoms with Gasteiger partial charge in [-0.3, -0.25) is 43.3 Å². The first kappa shape index (κ1) is 78.8. The van der Waals surface area contributed by atoms with Crippen LogP contribution in [0.25, 0.3) is 21.9 Å². The molecule has 1 aliphatic heterocycles. The van der Waals surface area contributed by atoms with Crippen LogP contribution in [0.1, 0.15) is 121 Å². The lowest BCUT2D eigenvalue weighted by Gasteiger charge is -2.27. The molecule has 12 rings (SSSR count). The maximum atomic E-state index is 13.6. The number of allylic oxidation sites excluding steroid dienone is 2. The molecule has 36 nitrogen and oxygen atoms in total. The summed E-state index contributed by atoms with van der Waals surface area (Å²) in [5.74, 6) is -4.76. The van der Waals surface area contributed by atoms with Crippen LogP contribution in [0, 0.1) is 0 Å². The number of aliphatic imine (C=N–C) groups is 2. The van der Waals surface area contributed by atoms with E-state index in [1.54, 1.807) is 102 Å². The number of benzene rings is 2. The molecule has 0 saturated carbocycles. The number of ether oxygens (including phenoxy) is 2. The molecule has 113 heavy (non-hydrogen) atoms. The number of imidazole rings is 4. The van der Waals surface area contributed by atoms with Crippen molar-refractivity contribution in [2.45, 2.75) is 25.7 Å². The lowest BCUT2D eigenvalue weighted by Crippen LogP contribution is -2.29. The van der Waals surface area contributed by atoms with Crippen molar-refractivity contribution >= 4 is 138 Å². The number of nitrogens with one attached hydrogen (secondary N) is 8. The van der Waals surface area contributed by atoms with Crippen LogP contribution in [0.4, 0.5) is 45.9 Å². The smallest absolute Gasteiger partial charge is 0.292 e. The number of aliphatic hydroxyl groups excluding tert-OH is 2. The summed E-state index contributed by atoms with van der Waals surface area (Å²) < 4.78 is 26.9. The maximum Gasteiger partial charge on any atom is 0.292 e. The molecule has 10 heterocycles. The summed E-state index contributed by atoms with van der Waals surface area (Å²) in [5, 5.41) is 44.1. The van der Waals surface area contributed by atoms with E-state index in [0.29, 0.717) is 36.9 Å². The second kappa shape index (κ2) is 35.3. The summed E-state index contributed by atoms with van der Waals surface area (Å²) in [6.07, 6.45) is 21.4. The van der Waals surface area contributed by atoms with Gasteiger partial charge in [-0.1, -0.05) is 41.7 Å². The van der Waals surface area contributed by atoms with Crippen LogP contribution in [0.2, 0.25) is 0 Å². The molecule has 37 heteroatoms. The third-order valence-electron chi connectivity index (χ3n) is 18.1. The van der Waals surface area contributed by atoms with E-state index in [1.165, 1.54) is 109 Å². The number of nitrogens with zero attached hydrogens (tertiary/aromatic N) is 16. The zero-order valence-corrected chi connectivity index (χ0v) is 64.2. The Bertz CT molecular complexity index is 5570. The number of rotatable bonds is 33. The average Bonchev–Trinajstić information content (AvgIpc) is 1.73. The largest absolute Gasteiger partial charge is 0.497 e. The van der Waals surface area contributed by atoms with E-state index < -0.39 is 47.3 Å². The summed E-state index contributed by atoms with van der Waals surface area (Å²) >= 11 is 1.78. The molecule has 1 aliphatic rings. The summed E-state index contributed by atoms with van der Waals surface area (Å²) in [5.41, 5.74) is 6.74. The van der Waals surface area contributed by atoms with E-state index in [-0.39, 0.29) is 127 Å². The molecular weight excluding hydrogens is 1470 g/mol. The van der Waals surface area contributed by atoms with Gasteiger partial charge in [0.2, 0.25) is 23.0 Å². The minimum absolute atomic E-state index is 0.00851. The summed E-state index contributed by atoms with van der Waals surface area (Å²) in [7, 11) is 15.0. The highest BCUT2D eigenvalue weighted by Gasteiger charge is 2.26. The second-order valence-corrected chi connectivity index (χ2v) is 27.6. The van der Waals surface area contributed by atoms with E-state index in [1.807, 2.05) is 0 Å². The van der Waals surface area contributed by atoms with Gasteiger partial charge in [0.1, 0.15) is 34.5 Å². The number of carbonyl (C=O) groups is 8. The standard InChI is InChI=1S/C76H84N24O12S/c1-91-29-25-78-65(91)73(107)89-60-44-97(7)66(87-60)74(108)83-49-37-56(94(4)41-49)71(105)81-47-35-54(92(2)39-47)69(103)79-23-14-20-63(102)85-59-43-96(6)68(86-59)76(110)90-61-45-98(8)67(88-61)75(109)84-50-38-57(95(5)42-50)72(106)82-48-36-55(93(3)40-48)70(104)80-24-21-62(101)77-26-31-112-33-32-111-30-15-27-100-28-22-46(51-16-10-11-17-52(51)100)34-64-99(9)53-18-12-13-19-58(53)113-64/h10-13,16-19,22,25,28-29,34-45H,14-15,20-21,23-24,26-27,30-33H2,1-9H3,(H9-,77,79,80,81,82,83,84,85,89,90,101,102,103,104,105,106,107,108,109,110)/p+1. The first-order valence-electron chi connectivity index (χ1n) is 35.8. The normalized spacial score (nSPS) is 12.5. The monoisotopic (exact) mass is 1560 g/mol. The van der Waals surface area contributed by atoms with Gasteiger partial charge in [-0.2, -0.15) is 9.56 Å². The number of para-hydroxylation sites is 2. The van der Waals surface area contributed by atoms with Crippen molar-refractivity contribution in [3.63, 3.8) is 0 Å². The summed E-state index contributed by atoms with van der Waals surface area (Å²) in [4.78, 5) is 134. The Labute approximate surface area is 650 Å². The Morgan fingerprint density at radius 3 is 1.59 bits per heavy atom. The molecular formula is C76H85N24O12S+. The number of hydrogen-bond acceptors (Lipinski definition) is 18. The maximum absolute atomic E-state index is 13.6. The molecule has 0 fully saturated rings. The molecule has 0 aliphatic carbocycles. The van der Waals surface area contributed by atoms with Gasteiger partial charge < -0.3 is 104 Å². The van der Waals surface area contributed by atoms with Gasteiger partial charge in [0.05, 0.1) is 55.3 Å². The van der Waals surface area contributed by atoms with Crippen molar-refractivity contribution in [3.05, 3.63) is 197 Å². The van der Waals surface area contributed by atoms with Crippen LogP contribution in [0.5, 0.6) is 0 Å². The van der Waals surface area contributed by atoms with Crippen molar-refractivity contribution in [3.8, 4) is 0 Å². The molecule has 586 valence electrons. The second-order valence-electron chi connectivity index (χ2n) is 26.5. The number of aryl methyl sites for hydroxylation is 9. The van der Waals surface area contributed by atoms with Crippen LogP contribution in [0.15, 0.2) is 151 Å². The Morgan fingerprint density at radius 2 is 1.02 bits per heavy atom. The molecule has 0 atom stereocenters. The van der Waals surface area contributed by atoms with E-state index in [0.717, 1.165) is 18.7 Å². The predicted molar refractivity (Wildman–Crippen MR) is 425 cm³/mol. The predicted octanol–water partition coefficient (Wildman–Crippen LogP) is 7.40. The highest BCUT2D eigenvalue weighted by Crippen LogP contribution is 2.35. The van der Waals surface area contributed by atoms with E-state index >= 15 is 0 Å². The fraction of sp³-hybridized carbons (Fsp3) is 0.276. The first-order chi connectivity index (χ1) is 54.3. The van der Waals surface area contributed by atoms with Crippen LogP contribution in [-0.2, 0) is 72.9 Å². The Hall–Kier alpha value is -13.8. The van der Waals surface area contributed by atoms with Crippen molar-refractivity contribution in [2.24, 2.45) is 73.4 Å². The van der Waals surface area contributed by atoms with Crippen molar-refractivity contribution in [1.82, 2.24) is 67.1 Å². The Kier molecular flexibility index (Phi) is 24.6. The fourth-order valence-electron chi connectivity index (χ4n) is 12.4. The molecule has 0 radical (unpaired) electrons. The summed E-state index contributed by atoms with van der Waals surface area (Å²) in [6, 6.07) is 22.8. The number of carbonyl (C=O) groups excluding carboxylic acids is 8. The van der Waals surface area contributed by atoms with Gasteiger partial charge in [-0.05, 0) is 60.9 Å². The number of hydrogen-bond donors (Lipinski definition) is 10. The molecule has 8 amide bonds. The molecule has 0 bridgehead atoms. The Morgan fingerprint density at radius 1 is 0.513 bits per heavy atom. The van der Waals surface area contributed by atoms with Crippen LogP contribution >= 0.6 is 11.3 Å². The lowest BCUT2D eigenvalue weighted by atomic mass is 9.99. The quantitative estimate of drug-likeness (QED) is 0.00828. The van der Waals surface area contributed by atoms with Gasteiger partial charge in [-0.25, -0.2) is 19.9 Å². The molecule has 11 aromatic rings. The number of thiazole rings is 1. The third-order valence-corrected chi connectivity index (χ3v) is 19.2. The van der Waals surface area contributed by atoms with E-state index in [2.05, 4.69) is 156 Å². The van der Waals surface area contributed by atoms with Crippen LogP contribution in [-0.4, -0.2) is 178 Å². The minimum Gasteiger partial charge on any atom is -0.497 e. The zero-order valence-electron chi connectivity index (χ0n) is 63.4. The van der Waals surface area contributed by atoms with Gasteiger partial charge in [0.25, 0.3) is 52.3 Å². The Balaban J connectivity index is 0.520. The van der Waals surface area contributed by atoms with Crippen molar-refractivity contribution in [2.75, 3.05) is 89.4 Å². The minimum atomic E-state index is -0.701. The number of aromatic nitrogens is 13. The number of anilines is 7. The summed E-state index contributed by atoms with van der Waals surface area (Å²) in [6.45, 7) is 2.88. The van der Waals surface area contributed by atoms with Gasteiger partial charge in [0, 0.05) is 175 Å². The highest BCUT2D eigenvalue weighted by molar-refractivity contribution is 7.18. The zero-order chi connectivity index (χ0) is 80.1. The van der Waals surface area contributed by atoms with Crippen LogP contribution < -0.4 is 52.0 Å². The molecule has 0 unspecified atom stereocenters. The molecule has 0 spiro atoms. The fourth-order valence-corrected chi connectivity index (χ4v) is 13.5. The first-order valence-corrected chi connectivity index (χ1v) is 36.6. The molecule has 0 saturated heterocycles. The topological polar surface area (TPSA) is 415 Å².